The van der Waals surface area contributed by atoms with Crippen molar-refractivity contribution in [3.05, 3.63) is 95.7 Å². The van der Waals surface area contributed by atoms with Crippen LogP contribution in [0.3, 0.4) is 0 Å². The molecule has 0 atom stereocenters. The number of aromatic nitrogens is 1. The van der Waals surface area contributed by atoms with Crippen LogP contribution in [0.4, 0.5) is 5.69 Å². The number of benzene rings is 3. The van der Waals surface area contributed by atoms with Crippen molar-refractivity contribution in [2.24, 2.45) is 0 Å². The molecular weight excluding hydrogens is 404 g/mol. The molecule has 0 fully saturated rings. The highest BCUT2D eigenvalue weighted by molar-refractivity contribution is 5.66. The molecular formula is C30H36N2O. The van der Waals surface area contributed by atoms with Gasteiger partial charge in [0.2, 0.25) is 5.89 Å². The molecule has 0 bridgehead atoms. The van der Waals surface area contributed by atoms with Crippen LogP contribution in [0.2, 0.25) is 0 Å². The van der Waals surface area contributed by atoms with Gasteiger partial charge in [0.1, 0.15) is 5.69 Å². The van der Waals surface area contributed by atoms with Crippen molar-refractivity contribution in [3.8, 4) is 22.8 Å². The summed E-state index contributed by atoms with van der Waals surface area (Å²) in [6, 6.07) is 26.9. The maximum absolute atomic E-state index is 6.28. The van der Waals surface area contributed by atoms with E-state index < -0.39 is 0 Å². The molecule has 0 radical (unpaired) electrons. The van der Waals surface area contributed by atoms with E-state index in [1.807, 2.05) is 62.4 Å². The zero-order valence-corrected chi connectivity index (χ0v) is 20.7. The molecule has 0 spiro atoms. The van der Waals surface area contributed by atoms with Crippen molar-refractivity contribution in [2.75, 3.05) is 5.32 Å². The van der Waals surface area contributed by atoms with E-state index >= 15 is 0 Å². The highest BCUT2D eigenvalue weighted by atomic mass is 16.4. The van der Waals surface area contributed by atoms with Gasteiger partial charge in [-0.15, -0.1) is 0 Å². The summed E-state index contributed by atoms with van der Waals surface area (Å²) in [5.41, 5.74) is 6.82. The Hall–Kier alpha value is -3.33. The highest BCUT2D eigenvalue weighted by Gasteiger charge is 2.18. The van der Waals surface area contributed by atoms with Crippen molar-refractivity contribution in [1.82, 2.24) is 4.98 Å². The van der Waals surface area contributed by atoms with E-state index in [1.165, 1.54) is 16.8 Å². The van der Waals surface area contributed by atoms with Crippen LogP contribution in [0.1, 0.15) is 70.2 Å². The maximum atomic E-state index is 6.28. The Morgan fingerprint density at radius 3 is 1.73 bits per heavy atom. The number of oxazole rings is 1. The predicted molar refractivity (Wildman–Crippen MR) is 141 cm³/mol. The quantitative estimate of drug-likeness (QED) is 0.312. The molecule has 1 aromatic heterocycles. The van der Waals surface area contributed by atoms with Crippen LogP contribution in [0.5, 0.6) is 0 Å². The number of hydrogen-bond donors (Lipinski definition) is 1. The average molecular weight is 441 g/mol. The van der Waals surface area contributed by atoms with Gasteiger partial charge in [0.05, 0.1) is 6.54 Å². The second-order valence-corrected chi connectivity index (χ2v) is 8.50. The lowest BCUT2D eigenvalue weighted by molar-refractivity contribution is 0.587. The molecule has 0 saturated carbocycles. The van der Waals surface area contributed by atoms with Crippen LogP contribution < -0.4 is 5.32 Å². The third-order valence-electron chi connectivity index (χ3n) is 5.56. The minimum atomic E-state index is 0.437. The van der Waals surface area contributed by atoms with Gasteiger partial charge in [0, 0.05) is 16.8 Å². The van der Waals surface area contributed by atoms with Crippen molar-refractivity contribution in [3.63, 3.8) is 0 Å². The number of anilines is 1. The summed E-state index contributed by atoms with van der Waals surface area (Å²) in [6.45, 7) is 13.6. The van der Waals surface area contributed by atoms with Gasteiger partial charge < -0.3 is 9.73 Å². The first-order valence-corrected chi connectivity index (χ1v) is 12.0. The molecule has 0 aliphatic heterocycles. The van der Waals surface area contributed by atoms with Crippen molar-refractivity contribution in [2.45, 2.75) is 59.9 Å². The first-order valence-electron chi connectivity index (χ1n) is 12.0. The molecule has 0 saturated heterocycles. The van der Waals surface area contributed by atoms with E-state index in [-0.39, 0.29) is 0 Å². The third kappa shape index (κ3) is 5.73. The molecule has 4 aromatic rings. The van der Waals surface area contributed by atoms with Crippen LogP contribution in [-0.2, 0) is 6.54 Å². The predicted octanol–water partition coefficient (Wildman–Crippen LogP) is 8.89. The Morgan fingerprint density at radius 1 is 0.697 bits per heavy atom. The summed E-state index contributed by atoms with van der Waals surface area (Å²) in [5.74, 6) is 2.34. The van der Waals surface area contributed by atoms with Gasteiger partial charge in [-0.05, 0) is 35.1 Å². The van der Waals surface area contributed by atoms with Crippen molar-refractivity contribution >= 4 is 5.69 Å². The molecule has 3 aromatic carbocycles. The summed E-state index contributed by atoms with van der Waals surface area (Å²) in [4.78, 5) is 4.89. The SMILES string of the molecule is CC.CC(C)c1cccc(C(C)C)c1NCc1nc(-c2ccccc2)oc1-c1ccccc1. The molecule has 4 rings (SSSR count). The molecule has 33 heavy (non-hydrogen) atoms. The van der Waals surface area contributed by atoms with Crippen LogP contribution in [0, 0.1) is 0 Å². The van der Waals surface area contributed by atoms with Crippen LogP contribution >= 0.6 is 0 Å². The average Bonchev–Trinajstić information content (AvgIpc) is 3.29. The molecule has 3 heteroatoms. The maximum Gasteiger partial charge on any atom is 0.227 e. The lowest BCUT2D eigenvalue weighted by Gasteiger charge is -2.20. The summed E-state index contributed by atoms with van der Waals surface area (Å²) in [5, 5.41) is 3.71. The van der Waals surface area contributed by atoms with Gasteiger partial charge in [-0.2, -0.15) is 0 Å². The number of hydrogen-bond acceptors (Lipinski definition) is 3. The number of nitrogens with one attached hydrogen (secondary N) is 1. The second-order valence-electron chi connectivity index (χ2n) is 8.50. The smallest absolute Gasteiger partial charge is 0.227 e. The van der Waals surface area contributed by atoms with E-state index in [1.54, 1.807) is 0 Å². The molecule has 1 N–H and O–H groups in total. The van der Waals surface area contributed by atoms with Crippen LogP contribution in [0.25, 0.3) is 22.8 Å². The lowest BCUT2D eigenvalue weighted by atomic mass is 9.92. The zero-order chi connectivity index (χ0) is 23.8. The molecule has 3 nitrogen and oxygen atoms in total. The van der Waals surface area contributed by atoms with Crippen molar-refractivity contribution in [1.29, 1.82) is 0 Å². The highest BCUT2D eigenvalue weighted by Crippen LogP contribution is 2.34. The van der Waals surface area contributed by atoms with Crippen LogP contribution in [-0.4, -0.2) is 4.98 Å². The first-order chi connectivity index (χ1) is 16.0. The summed E-state index contributed by atoms with van der Waals surface area (Å²) in [7, 11) is 0. The third-order valence-corrected chi connectivity index (χ3v) is 5.56. The zero-order valence-electron chi connectivity index (χ0n) is 20.7. The van der Waals surface area contributed by atoms with Crippen LogP contribution in [0.15, 0.2) is 83.3 Å². The lowest BCUT2D eigenvalue weighted by Crippen LogP contribution is -2.08. The van der Waals surface area contributed by atoms with Gasteiger partial charge in [-0.3, -0.25) is 0 Å². The van der Waals surface area contributed by atoms with E-state index in [9.17, 15) is 0 Å². The van der Waals surface area contributed by atoms with Crippen molar-refractivity contribution < 1.29 is 4.42 Å². The molecule has 0 amide bonds. The number of para-hydroxylation sites is 1. The fourth-order valence-electron chi connectivity index (χ4n) is 3.92. The molecule has 1 heterocycles. The monoisotopic (exact) mass is 440 g/mol. The first kappa shape index (κ1) is 24.3. The Labute approximate surface area is 198 Å². The Morgan fingerprint density at radius 2 is 1.21 bits per heavy atom. The van der Waals surface area contributed by atoms with Gasteiger partial charge in [0.15, 0.2) is 5.76 Å². The number of nitrogens with zero attached hydrogens (tertiary/aromatic N) is 1. The van der Waals surface area contributed by atoms with Gasteiger partial charge in [-0.1, -0.05) is 108 Å². The largest absolute Gasteiger partial charge is 0.436 e. The molecule has 0 unspecified atom stereocenters. The molecule has 0 aliphatic rings. The number of rotatable bonds is 7. The summed E-state index contributed by atoms with van der Waals surface area (Å²) < 4.78 is 6.28. The van der Waals surface area contributed by atoms with E-state index in [0.29, 0.717) is 24.3 Å². The Bertz CT molecular complexity index is 1100. The molecule has 172 valence electrons. The topological polar surface area (TPSA) is 38.1 Å². The Balaban J connectivity index is 0.00000149. The fourth-order valence-corrected chi connectivity index (χ4v) is 3.92. The van der Waals surface area contributed by atoms with Gasteiger partial charge in [-0.25, -0.2) is 4.98 Å². The van der Waals surface area contributed by atoms with Gasteiger partial charge in [0.25, 0.3) is 0 Å². The molecule has 0 aliphatic carbocycles. The summed E-state index contributed by atoms with van der Waals surface area (Å²) in [6.07, 6.45) is 0. The van der Waals surface area contributed by atoms with E-state index in [0.717, 1.165) is 22.6 Å². The van der Waals surface area contributed by atoms with E-state index in [2.05, 4.69) is 63.3 Å². The fraction of sp³-hybridized carbons (Fsp3) is 0.300. The minimum Gasteiger partial charge on any atom is -0.436 e. The minimum absolute atomic E-state index is 0.437. The normalized spacial score (nSPS) is 10.8. The standard InChI is InChI=1S/C28H30N2O.C2H6/c1-19(2)23-16-11-17-24(20(3)4)26(23)29-18-25-27(21-12-7-5-8-13-21)31-28(30-25)22-14-9-6-10-15-22;1-2/h5-17,19-20,29H,18H2,1-4H3;1-2H3. The second kappa shape index (κ2) is 11.5. The van der Waals surface area contributed by atoms with E-state index in [4.69, 9.17) is 9.40 Å². The Kier molecular flexibility index (Phi) is 8.48. The van der Waals surface area contributed by atoms with Gasteiger partial charge >= 0.3 is 0 Å². The summed E-state index contributed by atoms with van der Waals surface area (Å²) >= 11 is 0.